The highest BCUT2D eigenvalue weighted by Gasteiger charge is 2.46. The molecule has 1 amide bonds. The normalized spacial score (nSPS) is 15.0. The second-order valence-corrected chi connectivity index (χ2v) is 7.58. The number of fused-ring (bicyclic) bond motifs is 1. The molecule has 0 atom stereocenters. The van der Waals surface area contributed by atoms with Gasteiger partial charge in [0, 0.05) is 22.6 Å². The topological polar surface area (TPSA) is 83.5 Å². The van der Waals surface area contributed by atoms with Gasteiger partial charge in [0.1, 0.15) is 11.4 Å². The molecule has 9 heteroatoms. The summed E-state index contributed by atoms with van der Waals surface area (Å²) in [6.45, 7) is 0. The Hall–Kier alpha value is -3.49. The zero-order valence-electron chi connectivity index (χ0n) is 16.5. The average molecular weight is 432 g/mol. The van der Waals surface area contributed by atoms with Crippen LogP contribution in [0.3, 0.4) is 0 Å². The van der Waals surface area contributed by atoms with Gasteiger partial charge in [-0.05, 0) is 48.7 Å². The molecule has 0 bridgehead atoms. The molecular formula is C22H19F3N2O4. The SMILES string of the molecule is COC(=O)CC1(c2cccc(-n3c(C(N)=O)cc4ccc(OC(F)(F)F)cc43)c2)CC1. The van der Waals surface area contributed by atoms with E-state index in [1.54, 1.807) is 12.1 Å². The molecule has 0 radical (unpaired) electrons. The summed E-state index contributed by atoms with van der Waals surface area (Å²) < 4.78 is 48.4. The van der Waals surface area contributed by atoms with E-state index in [1.807, 2.05) is 12.1 Å². The first-order valence-corrected chi connectivity index (χ1v) is 9.51. The molecule has 2 N–H and O–H groups in total. The van der Waals surface area contributed by atoms with Crippen LogP contribution in [0.15, 0.2) is 48.5 Å². The Morgan fingerprint density at radius 2 is 1.87 bits per heavy atom. The van der Waals surface area contributed by atoms with E-state index in [-0.39, 0.29) is 23.5 Å². The highest BCUT2D eigenvalue weighted by Crippen LogP contribution is 2.51. The van der Waals surface area contributed by atoms with Gasteiger partial charge in [-0.1, -0.05) is 12.1 Å². The molecule has 0 saturated heterocycles. The standard InChI is InChI=1S/C22H19F3N2O4/c1-30-19(28)12-21(7-8-21)14-3-2-4-15(10-14)27-17-11-16(31-22(23,24)25)6-5-13(17)9-18(27)20(26)29/h2-6,9-11H,7-8,12H2,1H3,(H2,26,29). The highest BCUT2D eigenvalue weighted by atomic mass is 19.4. The number of hydrogen-bond acceptors (Lipinski definition) is 4. The predicted molar refractivity (Wildman–Crippen MR) is 106 cm³/mol. The lowest BCUT2D eigenvalue weighted by Crippen LogP contribution is -2.18. The Morgan fingerprint density at radius 3 is 2.48 bits per heavy atom. The van der Waals surface area contributed by atoms with Crippen molar-refractivity contribution in [3.8, 4) is 11.4 Å². The third-order valence-corrected chi connectivity index (χ3v) is 5.54. The Balaban J connectivity index is 1.83. The van der Waals surface area contributed by atoms with E-state index in [0.29, 0.717) is 16.6 Å². The number of nitrogens with zero attached hydrogens (tertiary/aromatic N) is 1. The van der Waals surface area contributed by atoms with Gasteiger partial charge in [0.25, 0.3) is 5.91 Å². The molecule has 1 aliphatic carbocycles. The summed E-state index contributed by atoms with van der Waals surface area (Å²) in [4.78, 5) is 23.9. The second-order valence-electron chi connectivity index (χ2n) is 7.58. The number of methoxy groups -OCH3 is 1. The fourth-order valence-electron chi connectivity index (χ4n) is 3.88. The number of nitrogens with two attached hydrogens (primary N) is 1. The molecule has 1 heterocycles. The quantitative estimate of drug-likeness (QED) is 0.591. The summed E-state index contributed by atoms with van der Waals surface area (Å²) in [6, 6.07) is 12.5. The van der Waals surface area contributed by atoms with E-state index in [4.69, 9.17) is 10.5 Å². The van der Waals surface area contributed by atoms with Crippen molar-refractivity contribution >= 4 is 22.8 Å². The fraction of sp³-hybridized carbons (Fsp3) is 0.273. The van der Waals surface area contributed by atoms with Crippen LogP contribution in [0.2, 0.25) is 0 Å². The van der Waals surface area contributed by atoms with Gasteiger partial charge < -0.3 is 19.8 Å². The van der Waals surface area contributed by atoms with Gasteiger partial charge in [-0.3, -0.25) is 9.59 Å². The molecule has 1 saturated carbocycles. The Labute approximate surface area is 175 Å². The Bertz CT molecular complexity index is 1180. The molecule has 1 aromatic heterocycles. The van der Waals surface area contributed by atoms with E-state index >= 15 is 0 Å². The van der Waals surface area contributed by atoms with E-state index < -0.39 is 18.0 Å². The number of carbonyl (C=O) groups is 2. The molecule has 1 aliphatic rings. The number of primary amides is 1. The van der Waals surface area contributed by atoms with Crippen molar-refractivity contribution in [2.45, 2.75) is 31.0 Å². The van der Waals surface area contributed by atoms with Crippen molar-refractivity contribution in [1.82, 2.24) is 4.57 Å². The number of hydrogen-bond donors (Lipinski definition) is 1. The third-order valence-electron chi connectivity index (χ3n) is 5.54. The van der Waals surface area contributed by atoms with Crippen LogP contribution in [0.25, 0.3) is 16.6 Å². The van der Waals surface area contributed by atoms with E-state index in [1.165, 1.54) is 35.9 Å². The van der Waals surface area contributed by atoms with Gasteiger partial charge in [0.05, 0.1) is 19.0 Å². The molecule has 6 nitrogen and oxygen atoms in total. The van der Waals surface area contributed by atoms with Gasteiger partial charge >= 0.3 is 12.3 Å². The number of ether oxygens (including phenoxy) is 2. The molecule has 162 valence electrons. The lowest BCUT2D eigenvalue weighted by Gasteiger charge is -2.17. The summed E-state index contributed by atoms with van der Waals surface area (Å²) in [5.41, 5.74) is 7.09. The first-order valence-electron chi connectivity index (χ1n) is 9.51. The van der Waals surface area contributed by atoms with E-state index in [2.05, 4.69) is 4.74 Å². The van der Waals surface area contributed by atoms with Crippen LogP contribution in [0.1, 0.15) is 35.3 Å². The van der Waals surface area contributed by atoms with Crippen molar-refractivity contribution in [3.05, 3.63) is 59.8 Å². The molecule has 1 fully saturated rings. The summed E-state index contributed by atoms with van der Waals surface area (Å²) in [7, 11) is 1.33. The Kier molecular flexibility index (Phi) is 4.91. The minimum absolute atomic E-state index is 0.120. The van der Waals surface area contributed by atoms with Crippen molar-refractivity contribution < 1.29 is 32.2 Å². The fourth-order valence-corrected chi connectivity index (χ4v) is 3.88. The minimum atomic E-state index is -4.84. The van der Waals surface area contributed by atoms with Gasteiger partial charge in [0.2, 0.25) is 0 Å². The molecule has 0 spiro atoms. The van der Waals surface area contributed by atoms with Gasteiger partial charge in [-0.25, -0.2) is 0 Å². The molecule has 3 aromatic rings. The zero-order valence-corrected chi connectivity index (χ0v) is 16.5. The lowest BCUT2D eigenvalue weighted by molar-refractivity contribution is -0.274. The van der Waals surface area contributed by atoms with Crippen LogP contribution in [-0.4, -0.2) is 29.9 Å². The molecule has 0 unspecified atom stereocenters. The van der Waals surface area contributed by atoms with Gasteiger partial charge in [-0.15, -0.1) is 13.2 Å². The number of alkyl halides is 3. The van der Waals surface area contributed by atoms with Crippen LogP contribution in [0, 0.1) is 0 Å². The second kappa shape index (κ2) is 7.33. The minimum Gasteiger partial charge on any atom is -0.469 e. The maximum atomic E-state index is 12.7. The summed E-state index contributed by atoms with van der Waals surface area (Å²) in [6.07, 6.45) is -3.00. The Morgan fingerprint density at radius 1 is 1.13 bits per heavy atom. The molecule has 2 aromatic carbocycles. The largest absolute Gasteiger partial charge is 0.573 e. The maximum Gasteiger partial charge on any atom is 0.573 e. The van der Waals surface area contributed by atoms with Crippen LogP contribution < -0.4 is 10.5 Å². The van der Waals surface area contributed by atoms with Crippen molar-refractivity contribution in [3.63, 3.8) is 0 Å². The zero-order chi connectivity index (χ0) is 22.4. The summed E-state index contributed by atoms with van der Waals surface area (Å²) in [5, 5.41) is 0.532. The number of aromatic nitrogens is 1. The van der Waals surface area contributed by atoms with E-state index in [0.717, 1.165) is 18.4 Å². The molecule has 4 rings (SSSR count). The smallest absolute Gasteiger partial charge is 0.469 e. The predicted octanol–water partition coefficient (Wildman–Crippen LogP) is 4.22. The van der Waals surface area contributed by atoms with Crippen LogP contribution in [-0.2, 0) is 14.9 Å². The van der Waals surface area contributed by atoms with Crippen molar-refractivity contribution in [2.75, 3.05) is 7.11 Å². The number of halogens is 3. The number of carbonyl (C=O) groups excluding carboxylic acids is 2. The summed E-state index contributed by atoms with van der Waals surface area (Å²) in [5.74, 6) is -1.45. The highest BCUT2D eigenvalue weighted by molar-refractivity contribution is 5.99. The van der Waals surface area contributed by atoms with Crippen LogP contribution in [0.4, 0.5) is 13.2 Å². The van der Waals surface area contributed by atoms with Gasteiger partial charge in [-0.2, -0.15) is 0 Å². The van der Waals surface area contributed by atoms with Gasteiger partial charge in [0.15, 0.2) is 0 Å². The van der Waals surface area contributed by atoms with E-state index in [9.17, 15) is 22.8 Å². The van der Waals surface area contributed by atoms with Crippen molar-refractivity contribution in [2.24, 2.45) is 5.73 Å². The maximum absolute atomic E-state index is 12.7. The monoisotopic (exact) mass is 432 g/mol. The number of amides is 1. The number of esters is 1. The first-order chi connectivity index (χ1) is 14.6. The molecular weight excluding hydrogens is 413 g/mol. The molecule has 31 heavy (non-hydrogen) atoms. The third kappa shape index (κ3) is 4.08. The van der Waals surface area contributed by atoms with Crippen LogP contribution in [0.5, 0.6) is 5.75 Å². The average Bonchev–Trinajstić information content (AvgIpc) is 3.38. The number of benzene rings is 2. The lowest BCUT2D eigenvalue weighted by atomic mass is 9.92. The van der Waals surface area contributed by atoms with Crippen LogP contribution >= 0.6 is 0 Å². The number of rotatable bonds is 6. The van der Waals surface area contributed by atoms with Crippen molar-refractivity contribution in [1.29, 1.82) is 0 Å². The molecule has 0 aliphatic heterocycles. The first kappa shape index (κ1) is 20.8. The summed E-state index contributed by atoms with van der Waals surface area (Å²) >= 11 is 0.